The maximum absolute atomic E-state index is 5.74. The van der Waals surface area contributed by atoms with Gasteiger partial charge in [-0.1, -0.05) is 18.2 Å². The molecule has 0 spiro atoms. The van der Waals surface area contributed by atoms with Crippen LogP contribution in [0.4, 0.5) is 0 Å². The molecule has 0 bridgehead atoms. The minimum Gasteiger partial charge on any atom is -0.122 e. The van der Waals surface area contributed by atoms with E-state index in [0.29, 0.717) is 5.88 Å². The van der Waals surface area contributed by atoms with E-state index >= 15 is 0 Å². The van der Waals surface area contributed by atoms with Crippen LogP contribution in [-0.4, -0.2) is 5.75 Å². The number of thioether (sulfide) groups is 1. The third-order valence-corrected chi connectivity index (χ3v) is 3.21. The molecule has 0 atom stereocenters. The molecule has 0 aliphatic carbocycles. The van der Waals surface area contributed by atoms with E-state index in [9.17, 15) is 0 Å². The minimum atomic E-state index is 0.603. The van der Waals surface area contributed by atoms with Gasteiger partial charge in [-0.2, -0.15) is 0 Å². The first kappa shape index (κ1) is 8.21. The average molecular weight is 197 g/mol. The van der Waals surface area contributed by atoms with Crippen molar-refractivity contribution >= 4 is 29.4 Å². The summed E-state index contributed by atoms with van der Waals surface area (Å²) in [6.45, 7) is 0. The van der Waals surface area contributed by atoms with E-state index in [0.717, 1.165) is 5.75 Å². The molecule has 0 fully saturated rings. The van der Waals surface area contributed by atoms with Gasteiger partial charge in [0.1, 0.15) is 0 Å². The van der Waals surface area contributed by atoms with Gasteiger partial charge in [0.15, 0.2) is 0 Å². The minimum absolute atomic E-state index is 0.603. The average Bonchev–Trinajstić information content (AvgIpc) is 2.17. The molecule has 1 aromatic carbocycles. The molecule has 62 valence electrons. The van der Waals surface area contributed by atoms with Gasteiger partial charge in [0.25, 0.3) is 0 Å². The van der Waals surface area contributed by atoms with Crippen LogP contribution in [0, 0.1) is 0 Å². The zero-order valence-corrected chi connectivity index (χ0v) is 8.16. The van der Waals surface area contributed by atoms with Crippen LogP contribution >= 0.6 is 23.4 Å². The number of halogens is 1. The molecule has 0 aromatic heterocycles. The lowest BCUT2D eigenvalue weighted by Crippen LogP contribution is -1.88. The number of rotatable bonds is 1. The zero-order chi connectivity index (χ0) is 8.39. The summed E-state index contributed by atoms with van der Waals surface area (Å²) in [5.41, 5.74) is 2.51. The Morgan fingerprint density at radius 3 is 3.17 bits per heavy atom. The maximum Gasteiger partial charge on any atom is 0.0474 e. The highest BCUT2D eigenvalue weighted by molar-refractivity contribution is 7.99. The fraction of sp³-hybridized carbons (Fsp3) is 0.200. The molecule has 0 amide bonds. The smallest absolute Gasteiger partial charge is 0.0474 e. The number of hydrogen-bond donors (Lipinski definition) is 0. The van der Waals surface area contributed by atoms with Gasteiger partial charge in [-0.25, -0.2) is 0 Å². The first-order chi connectivity index (χ1) is 5.90. The van der Waals surface area contributed by atoms with Crippen molar-refractivity contribution in [2.24, 2.45) is 0 Å². The van der Waals surface area contributed by atoms with Crippen LogP contribution in [0.5, 0.6) is 0 Å². The normalized spacial score (nSPS) is 14.4. The summed E-state index contributed by atoms with van der Waals surface area (Å²) >= 11 is 7.62. The third-order valence-electron chi connectivity index (χ3n) is 1.86. The highest BCUT2D eigenvalue weighted by Gasteiger charge is 2.04. The van der Waals surface area contributed by atoms with Crippen molar-refractivity contribution in [3.8, 4) is 0 Å². The van der Waals surface area contributed by atoms with Gasteiger partial charge in [-0.15, -0.1) is 23.4 Å². The Hall–Kier alpha value is -0.400. The van der Waals surface area contributed by atoms with Crippen LogP contribution in [0.25, 0.3) is 6.08 Å². The Morgan fingerprint density at radius 2 is 2.33 bits per heavy atom. The summed E-state index contributed by atoms with van der Waals surface area (Å²) in [5, 5.41) is 0. The molecule has 0 radical (unpaired) electrons. The molecule has 0 saturated carbocycles. The lowest BCUT2D eigenvalue weighted by molar-refractivity contribution is 1.31. The van der Waals surface area contributed by atoms with Crippen molar-refractivity contribution in [3.63, 3.8) is 0 Å². The van der Waals surface area contributed by atoms with Crippen LogP contribution in [0.1, 0.15) is 11.1 Å². The van der Waals surface area contributed by atoms with Crippen molar-refractivity contribution < 1.29 is 0 Å². The van der Waals surface area contributed by atoms with Gasteiger partial charge in [0, 0.05) is 16.5 Å². The second kappa shape index (κ2) is 3.55. The molecule has 0 N–H and O–H groups in total. The monoisotopic (exact) mass is 196 g/mol. The Bertz CT molecular complexity index is 318. The Balaban J connectivity index is 2.44. The molecule has 0 unspecified atom stereocenters. The number of hydrogen-bond acceptors (Lipinski definition) is 1. The standard InChI is InChI=1S/C10H9ClS/c11-7-8-3-4-10-9(6-8)2-1-5-12-10/h1-4,6H,5,7H2. The van der Waals surface area contributed by atoms with Crippen LogP contribution in [0.2, 0.25) is 0 Å². The van der Waals surface area contributed by atoms with E-state index < -0.39 is 0 Å². The van der Waals surface area contributed by atoms with E-state index in [1.165, 1.54) is 16.0 Å². The van der Waals surface area contributed by atoms with Crippen molar-refractivity contribution in [2.45, 2.75) is 10.8 Å². The maximum atomic E-state index is 5.74. The van der Waals surface area contributed by atoms with Crippen molar-refractivity contribution in [2.75, 3.05) is 5.75 Å². The summed E-state index contributed by atoms with van der Waals surface area (Å²) < 4.78 is 0. The Morgan fingerprint density at radius 1 is 1.42 bits per heavy atom. The third kappa shape index (κ3) is 1.52. The molecular weight excluding hydrogens is 188 g/mol. The summed E-state index contributed by atoms with van der Waals surface area (Å²) in [6, 6.07) is 6.41. The van der Waals surface area contributed by atoms with Crippen LogP contribution in [0.3, 0.4) is 0 Å². The number of fused-ring (bicyclic) bond motifs is 1. The Kier molecular flexibility index (Phi) is 2.43. The van der Waals surface area contributed by atoms with E-state index in [4.69, 9.17) is 11.6 Å². The highest BCUT2D eigenvalue weighted by atomic mass is 35.5. The predicted molar refractivity (Wildman–Crippen MR) is 55.8 cm³/mol. The lowest BCUT2D eigenvalue weighted by atomic mass is 10.1. The predicted octanol–water partition coefficient (Wildman–Crippen LogP) is 3.54. The molecule has 2 rings (SSSR count). The first-order valence-corrected chi connectivity index (χ1v) is 5.40. The summed E-state index contributed by atoms with van der Waals surface area (Å²) in [5.74, 6) is 1.69. The molecule has 1 aromatic rings. The van der Waals surface area contributed by atoms with Gasteiger partial charge < -0.3 is 0 Å². The first-order valence-electron chi connectivity index (χ1n) is 3.88. The molecule has 12 heavy (non-hydrogen) atoms. The largest absolute Gasteiger partial charge is 0.122 e. The molecule has 2 heteroatoms. The second-order valence-electron chi connectivity index (χ2n) is 2.72. The van der Waals surface area contributed by atoms with Gasteiger partial charge in [0.05, 0.1) is 0 Å². The van der Waals surface area contributed by atoms with Gasteiger partial charge in [-0.3, -0.25) is 0 Å². The van der Waals surface area contributed by atoms with E-state index in [2.05, 4.69) is 30.4 Å². The van der Waals surface area contributed by atoms with Crippen molar-refractivity contribution in [3.05, 3.63) is 35.4 Å². The lowest BCUT2D eigenvalue weighted by Gasteiger charge is -2.10. The fourth-order valence-electron chi connectivity index (χ4n) is 1.26. The molecule has 1 aliphatic rings. The van der Waals surface area contributed by atoms with Crippen LogP contribution in [0.15, 0.2) is 29.2 Å². The topological polar surface area (TPSA) is 0 Å². The SMILES string of the molecule is ClCc1ccc2c(c1)C=CCS2. The Labute approximate surface area is 81.6 Å². The molecule has 1 aliphatic heterocycles. The van der Waals surface area contributed by atoms with Crippen molar-refractivity contribution in [1.82, 2.24) is 0 Å². The van der Waals surface area contributed by atoms with E-state index in [1.54, 1.807) is 0 Å². The quantitative estimate of drug-likeness (QED) is 0.620. The molecule has 0 nitrogen and oxygen atoms in total. The zero-order valence-electron chi connectivity index (χ0n) is 6.59. The molecule has 1 heterocycles. The van der Waals surface area contributed by atoms with Crippen LogP contribution < -0.4 is 0 Å². The van der Waals surface area contributed by atoms with Crippen molar-refractivity contribution in [1.29, 1.82) is 0 Å². The summed E-state index contributed by atoms with van der Waals surface area (Å²) in [4.78, 5) is 1.37. The highest BCUT2D eigenvalue weighted by Crippen LogP contribution is 2.29. The van der Waals surface area contributed by atoms with E-state index in [-0.39, 0.29) is 0 Å². The van der Waals surface area contributed by atoms with Gasteiger partial charge in [-0.05, 0) is 23.3 Å². The van der Waals surface area contributed by atoms with Crippen LogP contribution in [-0.2, 0) is 5.88 Å². The summed E-state index contributed by atoms with van der Waals surface area (Å²) in [7, 11) is 0. The summed E-state index contributed by atoms with van der Waals surface area (Å²) in [6.07, 6.45) is 4.35. The molecular formula is C10H9ClS. The molecule has 0 saturated heterocycles. The van der Waals surface area contributed by atoms with Gasteiger partial charge in [0.2, 0.25) is 0 Å². The fourth-order valence-corrected chi connectivity index (χ4v) is 2.25. The number of benzene rings is 1. The number of alkyl halides is 1. The van der Waals surface area contributed by atoms with E-state index in [1.807, 2.05) is 11.8 Å². The second-order valence-corrected chi connectivity index (χ2v) is 4.05. The van der Waals surface area contributed by atoms with Gasteiger partial charge >= 0.3 is 0 Å².